The summed E-state index contributed by atoms with van der Waals surface area (Å²) in [5.74, 6) is 2.22. The quantitative estimate of drug-likeness (QED) is 0.792. The van der Waals surface area contributed by atoms with Crippen LogP contribution in [0.3, 0.4) is 0 Å². The molecule has 0 unspecified atom stereocenters. The van der Waals surface area contributed by atoms with Gasteiger partial charge in [-0.1, -0.05) is 6.92 Å². The van der Waals surface area contributed by atoms with E-state index in [1.165, 1.54) is 0 Å². The zero-order valence-corrected chi connectivity index (χ0v) is 9.11. The highest BCUT2D eigenvalue weighted by Gasteiger charge is 2.09. The van der Waals surface area contributed by atoms with Crippen LogP contribution >= 0.6 is 11.8 Å². The molecule has 0 saturated heterocycles. The fraction of sp³-hybridized carbons (Fsp3) is 0.222. The highest BCUT2D eigenvalue weighted by molar-refractivity contribution is 7.99. The Morgan fingerprint density at radius 2 is 2.27 bits per heavy atom. The van der Waals surface area contributed by atoms with Crippen LogP contribution in [-0.4, -0.2) is 25.5 Å². The van der Waals surface area contributed by atoms with Crippen LogP contribution in [0.2, 0.25) is 0 Å². The molecule has 78 valence electrons. The van der Waals surface area contributed by atoms with Gasteiger partial charge in [-0.15, -0.1) is 11.8 Å². The molecule has 0 bridgehead atoms. The van der Waals surface area contributed by atoms with Crippen LogP contribution < -0.4 is 5.73 Å². The maximum atomic E-state index is 5.93. The van der Waals surface area contributed by atoms with Gasteiger partial charge >= 0.3 is 0 Å². The summed E-state index contributed by atoms with van der Waals surface area (Å²) < 4.78 is 1.59. The summed E-state index contributed by atoms with van der Waals surface area (Å²) >= 11 is 1.66. The van der Waals surface area contributed by atoms with Crippen molar-refractivity contribution in [2.75, 3.05) is 11.5 Å². The molecule has 2 aromatic heterocycles. The molecule has 0 saturated carbocycles. The van der Waals surface area contributed by atoms with E-state index in [-0.39, 0.29) is 0 Å². The Kier molecular flexibility index (Phi) is 2.86. The van der Waals surface area contributed by atoms with E-state index in [2.05, 4.69) is 22.0 Å². The van der Waals surface area contributed by atoms with E-state index in [4.69, 9.17) is 5.73 Å². The molecule has 0 atom stereocenters. The van der Waals surface area contributed by atoms with Gasteiger partial charge in [-0.25, -0.2) is 4.98 Å². The van der Waals surface area contributed by atoms with Crippen LogP contribution in [0.25, 0.3) is 5.82 Å². The first-order valence-electron chi connectivity index (χ1n) is 4.55. The van der Waals surface area contributed by atoms with E-state index in [9.17, 15) is 0 Å². The number of nitrogens with two attached hydrogens (primary N) is 1. The van der Waals surface area contributed by atoms with Gasteiger partial charge in [-0.3, -0.25) is 4.98 Å². The third kappa shape index (κ3) is 1.94. The lowest BCUT2D eigenvalue weighted by Crippen LogP contribution is -2.04. The van der Waals surface area contributed by atoms with E-state index in [1.54, 1.807) is 41.2 Å². The number of hydrogen-bond donors (Lipinski definition) is 1. The van der Waals surface area contributed by atoms with Crippen LogP contribution in [0.4, 0.5) is 5.82 Å². The monoisotopic (exact) mass is 221 g/mol. The standard InChI is InChI=1S/C9H11N5S/c1-2-15-7-5-13-14(9(7)10)8-6-11-3-4-12-8/h3-6H,2,10H2,1H3. The predicted molar refractivity (Wildman–Crippen MR) is 60.0 cm³/mol. The maximum Gasteiger partial charge on any atom is 0.174 e. The number of aromatic nitrogens is 4. The van der Waals surface area contributed by atoms with Crippen LogP contribution in [-0.2, 0) is 0 Å². The second-order valence-corrected chi connectivity index (χ2v) is 4.11. The molecular formula is C9H11N5S. The summed E-state index contributed by atoms with van der Waals surface area (Å²) in [7, 11) is 0. The van der Waals surface area contributed by atoms with Crippen molar-refractivity contribution in [1.29, 1.82) is 0 Å². The van der Waals surface area contributed by atoms with Crippen molar-refractivity contribution in [3.8, 4) is 5.82 Å². The van der Waals surface area contributed by atoms with Gasteiger partial charge in [0, 0.05) is 12.4 Å². The fourth-order valence-corrected chi connectivity index (χ4v) is 1.86. The molecule has 15 heavy (non-hydrogen) atoms. The van der Waals surface area contributed by atoms with Crippen molar-refractivity contribution in [3.63, 3.8) is 0 Å². The topological polar surface area (TPSA) is 69.6 Å². The van der Waals surface area contributed by atoms with Crippen LogP contribution in [0.15, 0.2) is 29.7 Å². The number of thioether (sulfide) groups is 1. The molecule has 0 aromatic carbocycles. The Hall–Kier alpha value is -1.56. The van der Waals surface area contributed by atoms with Crippen LogP contribution in [0, 0.1) is 0 Å². The highest BCUT2D eigenvalue weighted by atomic mass is 32.2. The number of hydrogen-bond acceptors (Lipinski definition) is 5. The molecule has 0 radical (unpaired) electrons. The molecule has 0 aliphatic rings. The van der Waals surface area contributed by atoms with Crippen molar-refractivity contribution in [2.45, 2.75) is 11.8 Å². The molecule has 2 N–H and O–H groups in total. The first-order chi connectivity index (χ1) is 7.33. The van der Waals surface area contributed by atoms with Gasteiger partial charge in [0.25, 0.3) is 0 Å². The van der Waals surface area contributed by atoms with Gasteiger partial charge in [0.05, 0.1) is 17.3 Å². The Morgan fingerprint density at radius 1 is 1.40 bits per heavy atom. The summed E-state index contributed by atoms with van der Waals surface area (Å²) in [6.07, 6.45) is 6.61. The van der Waals surface area contributed by atoms with Gasteiger partial charge in [0.1, 0.15) is 5.82 Å². The molecule has 0 aliphatic heterocycles. The highest BCUT2D eigenvalue weighted by Crippen LogP contribution is 2.25. The van der Waals surface area contributed by atoms with Crippen LogP contribution in [0.5, 0.6) is 0 Å². The zero-order valence-electron chi connectivity index (χ0n) is 8.29. The normalized spacial score (nSPS) is 10.5. The maximum absolute atomic E-state index is 5.93. The van der Waals surface area contributed by atoms with Crippen molar-refractivity contribution in [3.05, 3.63) is 24.8 Å². The average molecular weight is 221 g/mol. The van der Waals surface area contributed by atoms with E-state index in [0.29, 0.717) is 11.6 Å². The third-order valence-corrected chi connectivity index (χ3v) is 2.75. The molecule has 2 aromatic rings. The summed E-state index contributed by atoms with van der Waals surface area (Å²) in [5.41, 5.74) is 5.93. The molecule has 0 aliphatic carbocycles. The molecule has 2 rings (SSSR count). The van der Waals surface area contributed by atoms with Crippen molar-refractivity contribution in [2.24, 2.45) is 0 Å². The van der Waals surface area contributed by atoms with E-state index < -0.39 is 0 Å². The number of nitrogens with zero attached hydrogens (tertiary/aromatic N) is 4. The van der Waals surface area contributed by atoms with E-state index in [1.807, 2.05) is 0 Å². The largest absolute Gasteiger partial charge is 0.383 e. The van der Waals surface area contributed by atoms with Gasteiger partial charge in [0.2, 0.25) is 0 Å². The Labute approximate surface area is 91.7 Å². The summed E-state index contributed by atoms with van der Waals surface area (Å²) in [6.45, 7) is 2.07. The third-order valence-electron chi connectivity index (χ3n) is 1.84. The summed E-state index contributed by atoms with van der Waals surface area (Å²) in [6, 6.07) is 0. The van der Waals surface area contributed by atoms with Crippen molar-refractivity contribution >= 4 is 17.6 Å². The first kappa shape index (κ1) is 9.97. The Balaban J connectivity index is 2.38. The molecule has 0 amide bonds. The van der Waals surface area contributed by atoms with E-state index in [0.717, 1.165) is 10.6 Å². The summed E-state index contributed by atoms with van der Waals surface area (Å²) in [4.78, 5) is 9.08. The minimum atomic E-state index is 0.613. The lowest BCUT2D eigenvalue weighted by atomic mass is 10.6. The minimum absolute atomic E-state index is 0.613. The number of anilines is 1. The lowest BCUT2D eigenvalue weighted by molar-refractivity contribution is 0.847. The number of nitrogen functional groups attached to an aromatic ring is 1. The van der Waals surface area contributed by atoms with Crippen LogP contribution in [0.1, 0.15) is 6.92 Å². The first-order valence-corrected chi connectivity index (χ1v) is 5.54. The van der Waals surface area contributed by atoms with Gasteiger partial charge in [0.15, 0.2) is 5.82 Å². The molecule has 2 heterocycles. The zero-order chi connectivity index (χ0) is 10.7. The van der Waals surface area contributed by atoms with Gasteiger partial charge < -0.3 is 5.73 Å². The van der Waals surface area contributed by atoms with E-state index >= 15 is 0 Å². The molecule has 5 nitrogen and oxygen atoms in total. The molecule has 6 heteroatoms. The smallest absolute Gasteiger partial charge is 0.174 e. The molecule has 0 spiro atoms. The SMILES string of the molecule is CCSc1cnn(-c2cnccn2)c1N. The van der Waals surface area contributed by atoms with Gasteiger partial charge in [-0.2, -0.15) is 9.78 Å². The number of rotatable bonds is 3. The summed E-state index contributed by atoms with van der Waals surface area (Å²) in [5, 5.41) is 4.17. The minimum Gasteiger partial charge on any atom is -0.383 e. The fourth-order valence-electron chi connectivity index (χ4n) is 1.19. The Bertz CT molecular complexity index is 439. The average Bonchev–Trinajstić information content (AvgIpc) is 2.63. The van der Waals surface area contributed by atoms with Crippen molar-refractivity contribution < 1.29 is 0 Å². The second-order valence-electron chi connectivity index (χ2n) is 2.80. The van der Waals surface area contributed by atoms with Crippen molar-refractivity contribution in [1.82, 2.24) is 19.7 Å². The Morgan fingerprint density at radius 3 is 2.93 bits per heavy atom. The molecule has 0 fully saturated rings. The lowest BCUT2D eigenvalue weighted by Gasteiger charge is -2.02. The molecular weight excluding hydrogens is 210 g/mol. The second kappa shape index (κ2) is 4.31. The van der Waals surface area contributed by atoms with Gasteiger partial charge in [-0.05, 0) is 5.75 Å². The predicted octanol–water partition coefficient (Wildman–Crippen LogP) is 1.36.